The molecule has 17 heavy (non-hydrogen) atoms. The Bertz CT molecular complexity index is 493. The molecule has 2 rings (SSSR count). The van der Waals surface area contributed by atoms with Crippen molar-refractivity contribution in [1.29, 1.82) is 0 Å². The van der Waals surface area contributed by atoms with Gasteiger partial charge in [0.25, 0.3) is 0 Å². The lowest BCUT2D eigenvalue weighted by Gasteiger charge is -2.27. The van der Waals surface area contributed by atoms with E-state index in [-0.39, 0.29) is 5.41 Å². The number of hydrogen-bond acceptors (Lipinski definition) is 0. The second kappa shape index (κ2) is 4.58. The SMILES string of the molecule is C=C[C@@](C)(c1ccccc1)c1ccc(C)cc1. The van der Waals surface area contributed by atoms with Gasteiger partial charge in [-0.15, -0.1) is 6.58 Å². The summed E-state index contributed by atoms with van der Waals surface area (Å²) in [7, 11) is 0. The molecule has 0 unspecified atom stereocenters. The maximum Gasteiger partial charge on any atom is 0.0351 e. The smallest absolute Gasteiger partial charge is 0.0351 e. The highest BCUT2D eigenvalue weighted by atomic mass is 14.3. The van der Waals surface area contributed by atoms with Crippen molar-refractivity contribution in [2.24, 2.45) is 0 Å². The van der Waals surface area contributed by atoms with E-state index in [0.717, 1.165) is 0 Å². The predicted octanol–water partition coefficient (Wildman–Crippen LogP) is 4.49. The first-order valence-corrected chi connectivity index (χ1v) is 5.93. The summed E-state index contributed by atoms with van der Waals surface area (Å²) in [6, 6.07) is 19.2. The number of benzene rings is 2. The van der Waals surface area contributed by atoms with Crippen LogP contribution >= 0.6 is 0 Å². The van der Waals surface area contributed by atoms with E-state index >= 15 is 0 Å². The van der Waals surface area contributed by atoms with Crippen LogP contribution in [0.15, 0.2) is 67.3 Å². The minimum atomic E-state index is -0.116. The van der Waals surface area contributed by atoms with E-state index < -0.39 is 0 Å². The van der Waals surface area contributed by atoms with Crippen molar-refractivity contribution in [2.75, 3.05) is 0 Å². The molecular weight excluding hydrogens is 204 g/mol. The first-order valence-electron chi connectivity index (χ1n) is 5.93. The summed E-state index contributed by atoms with van der Waals surface area (Å²) in [4.78, 5) is 0. The second-order valence-electron chi connectivity index (χ2n) is 4.64. The Balaban J connectivity index is 2.51. The number of allylic oxidation sites excluding steroid dienone is 1. The van der Waals surface area contributed by atoms with Crippen LogP contribution in [0.2, 0.25) is 0 Å². The maximum atomic E-state index is 4.01. The third kappa shape index (κ3) is 2.16. The van der Waals surface area contributed by atoms with Crippen molar-refractivity contribution in [2.45, 2.75) is 19.3 Å². The van der Waals surface area contributed by atoms with Gasteiger partial charge in [-0.2, -0.15) is 0 Å². The Morgan fingerprint density at radius 3 is 1.94 bits per heavy atom. The van der Waals surface area contributed by atoms with Gasteiger partial charge in [0, 0.05) is 5.41 Å². The topological polar surface area (TPSA) is 0 Å². The van der Waals surface area contributed by atoms with Gasteiger partial charge in [0.15, 0.2) is 0 Å². The van der Waals surface area contributed by atoms with E-state index in [1.54, 1.807) is 0 Å². The van der Waals surface area contributed by atoms with Gasteiger partial charge >= 0.3 is 0 Å². The van der Waals surface area contributed by atoms with Crippen LogP contribution in [0.5, 0.6) is 0 Å². The molecule has 0 fully saturated rings. The third-order valence-corrected chi connectivity index (χ3v) is 3.43. The molecule has 0 aliphatic heterocycles. The first kappa shape index (κ1) is 11.7. The summed E-state index contributed by atoms with van der Waals surface area (Å²) in [5, 5.41) is 0. The van der Waals surface area contributed by atoms with Crippen molar-refractivity contribution in [3.8, 4) is 0 Å². The van der Waals surface area contributed by atoms with Crippen LogP contribution in [0.1, 0.15) is 23.6 Å². The largest absolute Gasteiger partial charge is 0.102 e. The summed E-state index contributed by atoms with van der Waals surface area (Å²) < 4.78 is 0. The zero-order valence-electron chi connectivity index (χ0n) is 10.5. The minimum Gasteiger partial charge on any atom is -0.102 e. The van der Waals surface area contributed by atoms with Gasteiger partial charge in [0.1, 0.15) is 0 Å². The van der Waals surface area contributed by atoms with Gasteiger partial charge in [0.05, 0.1) is 0 Å². The highest BCUT2D eigenvalue weighted by Crippen LogP contribution is 2.32. The Morgan fingerprint density at radius 1 is 0.882 bits per heavy atom. The Morgan fingerprint density at radius 2 is 1.41 bits per heavy atom. The highest BCUT2D eigenvalue weighted by Gasteiger charge is 2.24. The van der Waals surface area contributed by atoms with Gasteiger partial charge in [-0.3, -0.25) is 0 Å². The van der Waals surface area contributed by atoms with Crippen LogP contribution in [-0.4, -0.2) is 0 Å². The van der Waals surface area contributed by atoms with Gasteiger partial charge in [-0.1, -0.05) is 66.2 Å². The maximum absolute atomic E-state index is 4.01. The Hall–Kier alpha value is -1.82. The molecule has 0 radical (unpaired) electrons. The van der Waals surface area contributed by atoms with Gasteiger partial charge in [-0.05, 0) is 25.0 Å². The fraction of sp³-hybridized carbons (Fsp3) is 0.176. The van der Waals surface area contributed by atoms with E-state index in [1.807, 2.05) is 12.1 Å². The summed E-state index contributed by atoms with van der Waals surface area (Å²) in [5.41, 5.74) is 3.73. The van der Waals surface area contributed by atoms with Gasteiger partial charge < -0.3 is 0 Å². The average molecular weight is 222 g/mol. The molecule has 0 amide bonds. The van der Waals surface area contributed by atoms with Crippen LogP contribution < -0.4 is 0 Å². The van der Waals surface area contributed by atoms with Crippen molar-refractivity contribution < 1.29 is 0 Å². The standard InChI is InChI=1S/C17H18/c1-4-17(3,15-8-6-5-7-9-15)16-12-10-14(2)11-13-16/h4-13H,1H2,2-3H3/t17-/m0/s1. The second-order valence-corrected chi connectivity index (χ2v) is 4.64. The fourth-order valence-corrected chi connectivity index (χ4v) is 2.09. The van der Waals surface area contributed by atoms with Crippen LogP contribution in [0, 0.1) is 6.92 Å². The van der Waals surface area contributed by atoms with E-state index in [0.29, 0.717) is 0 Å². The van der Waals surface area contributed by atoms with Gasteiger partial charge in [-0.25, -0.2) is 0 Å². The molecule has 0 spiro atoms. The van der Waals surface area contributed by atoms with E-state index in [9.17, 15) is 0 Å². The molecule has 0 saturated heterocycles. The van der Waals surface area contributed by atoms with E-state index in [1.165, 1.54) is 16.7 Å². The van der Waals surface area contributed by atoms with Crippen LogP contribution in [0.4, 0.5) is 0 Å². The number of hydrogen-bond donors (Lipinski definition) is 0. The number of rotatable bonds is 3. The first-order chi connectivity index (χ1) is 8.16. The van der Waals surface area contributed by atoms with Crippen molar-refractivity contribution in [3.63, 3.8) is 0 Å². The molecule has 0 nitrogen and oxygen atoms in total. The molecule has 86 valence electrons. The normalized spacial score (nSPS) is 14.0. The monoisotopic (exact) mass is 222 g/mol. The summed E-state index contributed by atoms with van der Waals surface area (Å²) >= 11 is 0. The lowest BCUT2D eigenvalue weighted by Crippen LogP contribution is -2.20. The lowest BCUT2D eigenvalue weighted by atomic mass is 9.76. The van der Waals surface area contributed by atoms with Crippen molar-refractivity contribution >= 4 is 0 Å². The average Bonchev–Trinajstić information content (AvgIpc) is 2.40. The molecule has 0 bridgehead atoms. The summed E-state index contributed by atoms with van der Waals surface area (Å²) in [5.74, 6) is 0. The Kier molecular flexibility index (Phi) is 3.14. The van der Waals surface area contributed by atoms with Gasteiger partial charge in [0.2, 0.25) is 0 Å². The van der Waals surface area contributed by atoms with Crippen molar-refractivity contribution in [1.82, 2.24) is 0 Å². The van der Waals surface area contributed by atoms with Crippen LogP contribution in [-0.2, 0) is 5.41 Å². The molecule has 0 aromatic heterocycles. The quantitative estimate of drug-likeness (QED) is 0.671. The third-order valence-electron chi connectivity index (χ3n) is 3.43. The van der Waals surface area contributed by atoms with Crippen LogP contribution in [0.3, 0.4) is 0 Å². The van der Waals surface area contributed by atoms with E-state index in [2.05, 4.69) is 69.0 Å². The molecule has 0 heterocycles. The molecule has 0 aliphatic carbocycles. The molecule has 1 atom stereocenters. The number of aryl methyl sites for hydroxylation is 1. The summed E-state index contributed by atoms with van der Waals surface area (Å²) in [6.45, 7) is 8.32. The molecule has 0 heteroatoms. The highest BCUT2D eigenvalue weighted by molar-refractivity contribution is 5.43. The molecule has 2 aromatic rings. The van der Waals surface area contributed by atoms with Crippen molar-refractivity contribution in [3.05, 3.63) is 83.9 Å². The zero-order valence-corrected chi connectivity index (χ0v) is 10.5. The molecule has 0 saturated carbocycles. The zero-order chi connectivity index (χ0) is 12.3. The minimum absolute atomic E-state index is 0.116. The predicted molar refractivity (Wildman–Crippen MR) is 74.3 cm³/mol. The summed E-state index contributed by atoms with van der Waals surface area (Å²) in [6.07, 6.45) is 2.02. The van der Waals surface area contributed by atoms with E-state index in [4.69, 9.17) is 0 Å². The van der Waals surface area contributed by atoms with Crippen LogP contribution in [0.25, 0.3) is 0 Å². The fourth-order valence-electron chi connectivity index (χ4n) is 2.09. The molecule has 0 N–H and O–H groups in total. The lowest BCUT2D eigenvalue weighted by molar-refractivity contribution is 0.725. The molecule has 0 aliphatic rings. The molecular formula is C17H18. The Labute approximate surface area is 104 Å². The molecule has 2 aromatic carbocycles.